The van der Waals surface area contributed by atoms with E-state index in [0.717, 1.165) is 48.1 Å². The molecule has 8 heteroatoms. The van der Waals surface area contributed by atoms with Gasteiger partial charge in [-0.2, -0.15) is 0 Å². The zero-order valence-electron chi connectivity index (χ0n) is 16.6. The van der Waals surface area contributed by atoms with Crippen molar-refractivity contribution in [3.63, 3.8) is 0 Å². The average Bonchev–Trinajstić information content (AvgIpc) is 2.69. The third kappa shape index (κ3) is 3.89. The van der Waals surface area contributed by atoms with Gasteiger partial charge in [-0.1, -0.05) is 0 Å². The Bertz CT molecular complexity index is 830. The quantitative estimate of drug-likeness (QED) is 0.729. The van der Waals surface area contributed by atoms with Gasteiger partial charge in [-0.15, -0.1) is 0 Å². The summed E-state index contributed by atoms with van der Waals surface area (Å²) in [4.78, 5) is 13.1. The molecule has 2 aliphatic rings. The number of β-amino-alcohol motifs (C(OH)–C–C–N with tert-alkyl or cyclic N) is 1. The average molecular weight is 384 g/mol. The van der Waals surface area contributed by atoms with E-state index in [1.807, 2.05) is 44.0 Å². The maximum absolute atomic E-state index is 10.2. The van der Waals surface area contributed by atoms with Gasteiger partial charge in [-0.05, 0) is 44.7 Å². The molecular weight excluding hydrogens is 356 g/mol. The highest BCUT2D eigenvalue weighted by Gasteiger charge is 2.27. The number of aromatic nitrogens is 2. The number of piperazine rings is 1. The molecular formula is C20H28N6O2. The van der Waals surface area contributed by atoms with Crippen molar-refractivity contribution in [1.29, 1.82) is 0 Å². The van der Waals surface area contributed by atoms with Crippen LogP contribution in [0.25, 0.3) is 0 Å². The summed E-state index contributed by atoms with van der Waals surface area (Å²) in [5.74, 6) is 1.80. The summed E-state index contributed by atoms with van der Waals surface area (Å²) in [6.07, 6.45) is 1.26. The third-order valence-corrected chi connectivity index (χ3v) is 5.27. The van der Waals surface area contributed by atoms with Gasteiger partial charge in [0.1, 0.15) is 24.1 Å². The van der Waals surface area contributed by atoms with E-state index >= 15 is 0 Å². The Morgan fingerprint density at radius 3 is 2.86 bits per heavy atom. The number of aliphatic hydroxyl groups excluding tert-OH is 1. The van der Waals surface area contributed by atoms with Crippen LogP contribution in [0.5, 0.6) is 5.75 Å². The second-order valence-corrected chi connectivity index (χ2v) is 7.68. The molecule has 1 fully saturated rings. The molecule has 2 aromatic rings. The normalized spacial score (nSPS) is 22.7. The van der Waals surface area contributed by atoms with Crippen molar-refractivity contribution in [1.82, 2.24) is 20.3 Å². The fourth-order valence-electron chi connectivity index (χ4n) is 3.70. The smallest absolute Gasteiger partial charge is 0.132 e. The number of rotatable bonds is 4. The van der Waals surface area contributed by atoms with E-state index in [4.69, 9.17) is 4.74 Å². The summed E-state index contributed by atoms with van der Waals surface area (Å²) in [5, 5.41) is 10.2. The maximum Gasteiger partial charge on any atom is 0.132 e. The van der Waals surface area contributed by atoms with E-state index in [9.17, 15) is 5.11 Å². The zero-order valence-corrected chi connectivity index (χ0v) is 16.6. The zero-order chi connectivity index (χ0) is 19.7. The van der Waals surface area contributed by atoms with Crippen molar-refractivity contribution in [2.24, 2.45) is 0 Å². The number of fused-ring (bicyclic) bond motifs is 1. The number of hydrogen-bond donors (Lipinski definition) is 3. The van der Waals surface area contributed by atoms with Gasteiger partial charge in [0.25, 0.3) is 0 Å². The fourth-order valence-corrected chi connectivity index (χ4v) is 3.70. The van der Waals surface area contributed by atoms with Gasteiger partial charge in [0, 0.05) is 31.6 Å². The molecule has 2 aliphatic heterocycles. The van der Waals surface area contributed by atoms with E-state index in [-0.39, 0.29) is 12.0 Å². The summed E-state index contributed by atoms with van der Waals surface area (Å²) < 4.78 is 5.88. The van der Waals surface area contributed by atoms with Crippen LogP contribution < -0.4 is 20.5 Å². The lowest BCUT2D eigenvalue weighted by molar-refractivity contribution is 0.0151. The predicted octanol–water partition coefficient (Wildman–Crippen LogP) is 1.40. The molecule has 8 nitrogen and oxygen atoms in total. The Labute approximate surface area is 165 Å². The minimum atomic E-state index is -0.482. The molecule has 0 bridgehead atoms. The molecule has 1 aromatic heterocycles. The van der Waals surface area contributed by atoms with Crippen LogP contribution in [0.15, 0.2) is 30.6 Å². The summed E-state index contributed by atoms with van der Waals surface area (Å²) in [6, 6.07) is 8.14. The maximum atomic E-state index is 10.2. The van der Waals surface area contributed by atoms with Crippen LogP contribution in [0.3, 0.4) is 0 Å². The van der Waals surface area contributed by atoms with Crippen LogP contribution in [-0.4, -0.2) is 65.5 Å². The first-order chi connectivity index (χ1) is 13.5. The highest BCUT2D eigenvalue weighted by atomic mass is 16.5. The SMILES string of the molecule is CC(C)Oc1ccc2c(c1)C(c1cc(N3CCN(C)C(O)C3)ncn1)CNN2. The first kappa shape index (κ1) is 18.9. The van der Waals surface area contributed by atoms with E-state index in [0.29, 0.717) is 6.54 Å². The number of likely N-dealkylation sites (N-methyl/N-ethyl adjacent to an activating group) is 1. The second kappa shape index (κ2) is 7.90. The Morgan fingerprint density at radius 1 is 1.21 bits per heavy atom. The molecule has 0 amide bonds. The Balaban J connectivity index is 1.62. The molecule has 28 heavy (non-hydrogen) atoms. The molecule has 3 heterocycles. The molecule has 2 atom stereocenters. The van der Waals surface area contributed by atoms with Gasteiger partial charge in [0.15, 0.2) is 0 Å². The lowest BCUT2D eigenvalue weighted by Gasteiger charge is -2.37. The van der Waals surface area contributed by atoms with Crippen molar-refractivity contribution >= 4 is 11.5 Å². The first-order valence-corrected chi connectivity index (χ1v) is 9.76. The van der Waals surface area contributed by atoms with E-state index < -0.39 is 6.23 Å². The molecule has 3 N–H and O–H groups in total. The minimum Gasteiger partial charge on any atom is -0.491 e. The molecule has 150 valence electrons. The fraction of sp³-hybridized carbons (Fsp3) is 0.500. The van der Waals surface area contributed by atoms with Crippen molar-refractivity contribution in [3.05, 3.63) is 41.9 Å². The van der Waals surface area contributed by atoms with Crippen LogP contribution in [0.4, 0.5) is 11.5 Å². The van der Waals surface area contributed by atoms with Crippen molar-refractivity contribution in [2.45, 2.75) is 32.1 Å². The van der Waals surface area contributed by atoms with Crippen molar-refractivity contribution < 1.29 is 9.84 Å². The van der Waals surface area contributed by atoms with Gasteiger partial charge >= 0.3 is 0 Å². The first-order valence-electron chi connectivity index (χ1n) is 9.76. The standard InChI is InChI=1S/C20H28N6O2/c1-13(2)28-14-4-5-17-15(8-14)16(10-23-24-17)18-9-19(22-12-21-18)26-7-6-25(3)20(27)11-26/h4-5,8-9,12-13,16,20,23-24,27H,6-7,10-11H2,1-3H3. The van der Waals surface area contributed by atoms with Crippen LogP contribution in [0.2, 0.25) is 0 Å². The Kier molecular flexibility index (Phi) is 5.34. The van der Waals surface area contributed by atoms with Gasteiger partial charge < -0.3 is 20.2 Å². The summed E-state index contributed by atoms with van der Waals surface area (Å²) in [6.45, 7) is 6.95. The van der Waals surface area contributed by atoms with Crippen molar-refractivity contribution in [2.75, 3.05) is 43.6 Å². The number of aliphatic hydroxyl groups is 1. The highest BCUT2D eigenvalue weighted by molar-refractivity contribution is 5.59. The summed E-state index contributed by atoms with van der Waals surface area (Å²) in [5.41, 5.74) is 9.62. The number of ether oxygens (including phenoxy) is 1. The summed E-state index contributed by atoms with van der Waals surface area (Å²) in [7, 11) is 1.93. The number of anilines is 2. The van der Waals surface area contributed by atoms with Gasteiger partial charge in [-0.25, -0.2) is 15.4 Å². The van der Waals surface area contributed by atoms with Crippen molar-refractivity contribution in [3.8, 4) is 5.75 Å². The molecule has 1 aromatic carbocycles. The van der Waals surface area contributed by atoms with Gasteiger partial charge in [-0.3, -0.25) is 4.90 Å². The lowest BCUT2D eigenvalue weighted by Crippen LogP contribution is -2.51. The minimum absolute atomic E-state index is 0.0890. The molecule has 0 spiro atoms. The molecule has 1 saturated heterocycles. The van der Waals surface area contributed by atoms with Gasteiger partial charge in [0.2, 0.25) is 0 Å². The predicted molar refractivity (Wildman–Crippen MR) is 109 cm³/mol. The molecule has 0 saturated carbocycles. The molecule has 4 rings (SSSR count). The topological polar surface area (TPSA) is 85.8 Å². The third-order valence-electron chi connectivity index (χ3n) is 5.27. The number of nitrogens with one attached hydrogen (secondary N) is 2. The van der Waals surface area contributed by atoms with Crippen LogP contribution >= 0.6 is 0 Å². The molecule has 0 aliphatic carbocycles. The molecule has 0 radical (unpaired) electrons. The molecule has 2 unspecified atom stereocenters. The monoisotopic (exact) mass is 384 g/mol. The van der Waals surface area contributed by atoms with Crippen LogP contribution in [-0.2, 0) is 0 Å². The van der Waals surface area contributed by atoms with E-state index in [1.165, 1.54) is 0 Å². The Hall–Kier alpha value is -2.42. The largest absolute Gasteiger partial charge is 0.491 e. The number of nitrogens with zero attached hydrogens (tertiary/aromatic N) is 4. The number of hydrazine groups is 1. The lowest BCUT2D eigenvalue weighted by atomic mass is 9.92. The Morgan fingerprint density at radius 2 is 2.07 bits per heavy atom. The van der Waals surface area contributed by atoms with E-state index in [2.05, 4.69) is 31.8 Å². The highest BCUT2D eigenvalue weighted by Crippen LogP contribution is 2.35. The number of benzene rings is 1. The van der Waals surface area contributed by atoms with Crippen LogP contribution in [0, 0.1) is 0 Å². The van der Waals surface area contributed by atoms with Gasteiger partial charge in [0.05, 0.1) is 24.0 Å². The second-order valence-electron chi connectivity index (χ2n) is 7.68. The number of hydrogen-bond acceptors (Lipinski definition) is 8. The summed E-state index contributed by atoms with van der Waals surface area (Å²) >= 11 is 0. The van der Waals surface area contributed by atoms with Crippen LogP contribution in [0.1, 0.15) is 31.0 Å². The van der Waals surface area contributed by atoms with E-state index in [1.54, 1.807) is 6.33 Å².